The van der Waals surface area contributed by atoms with E-state index in [2.05, 4.69) is 4.98 Å². The lowest BCUT2D eigenvalue weighted by Crippen LogP contribution is -1.98. The van der Waals surface area contributed by atoms with E-state index >= 15 is 0 Å². The SMILES string of the molecule is COCCc1ccc(OCc2cnc(Cl)cc2Cl)cc1. The van der Waals surface area contributed by atoms with Crippen LogP contribution in [0.3, 0.4) is 0 Å². The standard InChI is InChI=1S/C15H15Cl2NO2/c1-19-7-6-11-2-4-13(5-3-11)20-10-12-9-18-15(17)8-14(12)16/h2-5,8-9H,6-7,10H2,1H3. The van der Waals surface area contributed by atoms with Gasteiger partial charge >= 0.3 is 0 Å². The van der Waals surface area contributed by atoms with E-state index in [1.807, 2.05) is 24.3 Å². The molecule has 5 heteroatoms. The van der Waals surface area contributed by atoms with Gasteiger partial charge in [0.05, 0.1) is 11.6 Å². The fourth-order valence-electron chi connectivity index (χ4n) is 1.68. The molecule has 0 radical (unpaired) electrons. The Morgan fingerprint density at radius 3 is 2.55 bits per heavy atom. The summed E-state index contributed by atoms with van der Waals surface area (Å²) in [4.78, 5) is 3.99. The average molecular weight is 312 g/mol. The Labute approximate surface area is 128 Å². The van der Waals surface area contributed by atoms with Crippen LogP contribution in [0, 0.1) is 0 Å². The zero-order chi connectivity index (χ0) is 14.4. The van der Waals surface area contributed by atoms with E-state index < -0.39 is 0 Å². The van der Waals surface area contributed by atoms with Crippen molar-refractivity contribution in [2.45, 2.75) is 13.0 Å². The summed E-state index contributed by atoms with van der Waals surface area (Å²) in [6.07, 6.45) is 2.52. The van der Waals surface area contributed by atoms with Crippen LogP contribution in [0.25, 0.3) is 0 Å². The fourth-order valence-corrected chi connectivity index (χ4v) is 2.10. The topological polar surface area (TPSA) is 31.4 Å². The van der Waals surface area contributed by atoms with Gasteiger partial charge < -0.3 is 9.47 Å². The molecule has 1 heterocycles. The minimum absolute atomic E-state index is 0.362. The van der Waals surface area contributed by atoms with Gasteiger partial charge in [-0.25, -0.2) is 4.98 Å². The molecule has 0 bridgehead atoms. The molecule has 0 aliphatic carbocycles. The van der Waals surface area contributed by atoms with Crippen molar-refractivity contribution in [2.75, 3.05) is 13.7 Å². The minimum Gasteiger partial charge on any atom is -0.489 e. The maximum Gasteiger partial charge on any atom is 0.130 e. The number of nitrogens with zero attached hydrogens (tertiary/aromatic N) is 1. The quantitative estimate of drug-likeness (QED) is 0.751. The summed E-state index contributed by atoms with van der Waals surface area (Å²) in [5.41, 5.74) is 2.02. The molecule has 0 fully saturated rings. The molecule has 2 aromatic rings. The van der Waals surface area contributed by atoms with Crippen molar-refractivity contribution < 1.29 is 9.47 Å². The number of hydrogen-bond acceptors (Lipinski definition) is 3. The largest absolute Gasteiger partial charge is 0.489 e. The Morgan fingerprint density at radius 2 is 1.90 bits per heavy atom. The van der Waals surface area contributed by atoms with Crippen LogP contribution in [0.5, 0.6) is 5.75 Å². The van der Waals surface area contributed by atoms with Crippen LogP contribution in [-0.2, 0) is 17.8 Å². The van der Waals surface area contributed by atoms with Crippen molar-refractivity contribution in [1.29, 1.82) is 0 Å². The second-order valence-corrected chi connectivity index (χ2v) is 5.07. The molecule has 0 N–H and O–H groups in total. The molecule has 0 spiro atoms. The number of pyridine rings is 1. The third-order valence-electron chi connectivity index (χ3n) is 2.81. The van der Waals surface area contributed by atoms with Crippen molar-refractivity contribution in [3.63, 3.8) is 0 Å². The van der Waals surface area contributed by atoms with Gasteiger partial charge in [0.15, 0.2) is 0 Å². The van der Waals surface area contributed by atoms with E-state index in [0.717, 1.165) is 17.7 Å². The zero-order valence-corrected chi connectivity index (χ0v) is 12.6. The Morgan fingerprint density at radius 1 is 1.15 bits per heavy atom. The van der Waals surface area contributed by atoms with Crippen molar-refractivity contribution in [2.24, 2.45) is 0 Å². The van der Waals surface area contributed by atoms with E-state index in [1.165, 1.54) is 5.56 Å². The fraction of sp³-hybridized carbons (Fsp3) is 0.267. The lowest BCUT2D eigenvalue weighted by molar-refractivity contribution is 0.202. The molecule has 2 rings (SSSR count). The van der Waals surface area contributed by atoms with Gasteiger partial charge in [0.2, 0.25) is 0 Å². The second-order valence-electron chi connectivity index (χ2n) is 4.27. The highest BCUT2D eigenvalue weighted by atomic mass is 35.5. The zero-order valence-electron chi connectivity index (χ0n) is 11.1. The molecule has 106 valence electrons. The van der Waals surface area contributed by atoms with Gasteiger partial charge in [0.25, 0.3) is 0 Å². The maximum atomic E-state index is 6.06. The summed E-state index contributed by atoms with van der Waals surface area (Å²) in [6.45, 7) is 1.08. The van der Waals surface area contributed by atoms with E-state index in [0.29, 0.717) is 23.4 Å². The van der Waals surface area contributed by atoms with Gasteiger partial charge in [-0.1, -0.05) is 35.3 Å². The number of rotatable bonds is 6. The minimum atomic E-state index is 0.362. The van der Waals surface area contributed by atoms with E-state index in [1.54, 1.807) is 19.4 Å². The molecule has 0 saturated heterocycles. The Hall–Kier alpha value is -1.29. The molecule has 0 atom stereocenters. The lowest BCUT2D eigenvalue weighted by Gasteiger charge is -2.08. The maximum absolute atomic E-state index is 6.06. The first kappa shape index (κ1) is 15.1. The predicted molar refractivity (Wildman–Crippen MR) is 80.6 cm³/mol. The van der Waals surface area contributed by atoms with Crippen LogP contribution in [0.4, 0.5) is 0 Å². The summed E-state index contributed by atoms with van der Waals surface area (Å²) in [7, 11) is 1.70. The first-order chi connectivity index (χ1) is 9.69. The number of hydrogen-bond donors (Lipinski definition) is 0. The Bertz CT molecular complexity index is 558. The van der Waals surface area contributed by atoms with E-state index in [4.69, 9.17) is 32.7 Å². The van der Waals surface area contributed by atoms with Crippen LogP contribution >= 0.6 is 23.2 Å². The molecule has 1 aromatic heterocycles. The van der Waals surface area contributed by atoms with Crippen molar-refractivity contribution in [3.05, 3.63) is 57.8 Å². The first-order valence-corrected chi connectivity index (χ1v) is 6.95. The molecular weight excluding hydrogens is 297 g/mol. The highest BCUT2D eigenvalue weighted by molar-refractivity contribution is 6.34. The van der Waals surface area contributed by atoms with Crippen molar-refractivity contribution in [1.82, 2.24) is 4.98 Å². The molecule has 0 saturated carbocycles. The highest BCUT2D eigenvalue weighted by Gasteiger charge is 2.03. The van der Waals surface area contributed by atoms with Gasteiger partial charge in [0, 0.05) is 18.9 Å². The Kier molecular flexibility index (Phi) is 5.65. The second kappa shape index (κ2) is 7.48. The Balaban J connectivity index is 1.93. The number of ether oxygens (including phenoxy) is 2. The molecule has 0 aliphatic heterocycles. The molecular formula is C15H15Cl2NO2. The van der Waals surface area contributed by atoms with Gasteiger partial charge in [-0.2, -0.15) is 0 Å². The van der Waals surface area contributed by atoms with E-state index in [9.17, 15) is 0 Å². The third-order valence-corrected chi connectivity index (χ3v) is 3.37. The van der Waals surface area contributed by atoms with Crippen LogP contribution in [0.1, 0.15) is 11.1 Å². The third kappa shape index (κ3) is 4.37. The normalized spacial score (nSPS) is 10.6. The van der Waals surface area contributed by atoms with Crippen LogP contribution in [-0.4, -0.2) is 18.7 Å². The predicted octanol–water partition coefficient (Wildman–Crippen LogP) is 4.16. The number of aromatic nitrogens is 1. The summed E-state index contributed by atoms with van der Waals surface area (Å²) in [5, 5.41) is 0.933. The number of benzene rings is 1. The van der Waals surface area contributed by atoms with Crippen LogP contribution < -0.4 is 4.74 Å². The molecule has 3 nitrogen and oxygen atoms in total. The monoisotopic (exact) mass is 311 g/mol. The number of halogens is 2. The van der Waals surface area contributed by atoms with E-state index in [-0.39, 0.29) is 0 Å². The smallest absolute Gasteiger partial charge is 0.130 e. The van der Waals surface area contributed by atoms with Crippen molar-refractivity contribution >= 4 is 23.2 Å². The van der Waals surface area contributed by atoms with Gasteiger partial charge in [0.1, 0.15) is 17.5 Å². The molecule has 0 aliphatic rings. The van der Waals surface area contributed by atoms with Crippen molar-refractivity contribution in [3.8, 4) is 5.75 Å². The highest BCUT2D eigenvalue weighted by Crippen LogP contribution is 2.21. The summed E-state index contributed by atoms with van der Waals surface area (Å²) < 4.78 is 10.7. The first-order valence-electron chi connectivity index (χ1n) is 6.19. The van der Waals surface area contributed by atoms with Crippen LogP contribution in [0.2, 0.25) is 10.2 Å². The molecule has 0 unspecified atom stereocenters. The summed E-state index contributed by atoms with van der Waals surface area (Å²) >= 11 is 11.8. The average Bonchev–Trinajstić information content (AvgIpc) is 2.45. The summed E-state index contributed by atoms with van der Waals surface area (Å²) in [5.74, 6) is 0.789. The number of methoxy groups -OCH3 is 1. The molecule has 1 aromatic carbocycles. The van der Waals surface area contributed by atoms with Crippen LogP contribution in [0.15, 0.2) is 36.5 Å². The lowest BCUT2D eigenvalue weighted by atomic mass is 10.1. The van der Waals surface area contributed by atoms with Gasteiger partial charge in [-0.05, 0) is 30.2 Å². The molecule has 20 heavy (non-hydrogen) atoms. The molecule has 0 amide bonds. The summed E-state index contributed by atoms with van der Waals surface area (Å²) in [6, 6.07) is 9.52. The van der Waals surface area contributed by atoms with Gasteiger partial charge in [-0.15, -0.1) is 0 Å². The van der Waals surface area contributed by atoms with Gasteiger partial charge in [-0.3, -0.25) is 0 Å².